The van der Waals surface area contributed by atoms with Crippen molar-refractivity contribution in [1.82, 2.24) is 21.2 Å². The predicted molar refractivity (Wildman–Crippen MR) is 122 cm³/mol. The van der Waals surface area contributed by atoms with Gasteiger partial charge < -0.3 is 20.2 Å². The molecule has 31 heavy (non-hydrogen) atoms. The Morgan fingerprint density at radius 3 is 2.39 bits per heavy atom. The van der Waals surface area contributed by atoms with Gasteiger partial charge in [0.15, 0.2) is 0 Å². The van der Waals surface area contributed by atoms with E-state index in [0.29, 0.717) is 5.69 Å². The van der Waals surface area contributed by atoms with Crippen LogP contribution in [0.4, 0.5) is 10.5 Å². The zero-order valence-electron chi connectivity index (χ0n) is 18.9. The van der Waals surface area contributed by atoms with E-state index in [-0.39, 0.29) is 28.3 Å². The SMILES string of the molecule is CC(C)Nc1cc(Cl)ncc1C(=O)NNCC(NC(=O)O)C(=O)O[Si](C)(C)C(C)(C)C. The topological polar surface area (TPSA) is 142 Å². The highest BCUT2D eigenvalue weighted by Gasteiger charge is 2.41. The third-order valence-corrected chi connectivity index (χ3v) is 9.34. The monoisotopic (exact) mass is 473 g/mol. The van der Waals surface area contributed by atoms with Crippen molar-refractivity contribution >= 4 is 43.6 Å². The first-order chi connectivity index (χ1) is 14.1. The first kappa shape index (κ1) is 26.7. The molecule has 0 aliphatic carbocycles. The minimum absolute atomic E-state index is 0.0484. The molecule has 0 spiro atoms. The maximum atomic E-state index is 12.6. The molecule has 174 valence electrons. The number of nitrogens with zero attached hydrogens (tertiary/aromatic N) is 1. The number of nitrogens with one attached hydrogen (secondary N) is 4. The van der Waals surface area contributed by atoms with Crippen LogP contribution in [0, 0.1) is 0 Å². The van der Waals surface area contributed by atoms with E-state index in [0.717, 1.165) is 0 Å². The highest BCUT2D eigenvalue weighted by atomic mass is 35.5. The number of hydrazine groups is 1. The lowest BCUT2D eigenvalue weighted by Crippen LogP contribution is -2.54. The molecule has 1 atom stereocenters. The van der Waals surface area contributed by atoms with Crippen molar-refractivity contribution < 1.29 is 23.9 Å². The van der Waals surface area contributed by atoms with E-state index in [4.69, 9.17) is 21.1 Å². The van der Waals surface area contributed by atoms with Gasteiger partial charge in [0, 0.05) is 18.8 Å². The van der Waals surface area contributed by atoms with E-state index in [1.54, 1.807) is 0 Å². The number of amides is 2. The Morgan fingerprint density at radius 2 is 1.87 bits per heavy atom. The number of hydrogen-bond donors (Lipinski definition) is 5. The molecular formula is C19H32ClN5O5Si. The summed E-state index contributed by atoms with van der Waals surface area (Å²) in [6, 6.07) is 0.373. The third-order valence-electron chi connectivity index (χ3n) is 4.81. The van der Waals surface area contributed by atoms with Gasteiger partial charge in [-0.05, 0) is 38.0 Å². The Hall–Kier alpha value is -2.37. The lowest BCUT2D eigenvalue weighted by Gasteiger charge is -2.36. The normalized spacial score (nSPS) is 12.8. The Balaban J connectivity index is 2.84. The summed E-state index contributed by atoms with van der Waals surface area (Å²) in [5, 5.41) is 14.3. The number of aromatic nitrogens is 1. The summed E-state index contributed by atoms with van der Waals surface area (Å²) in [6.07, 6.45) is -0.0569. The van der Waals surface area contributed by atoms with Crippen LogP contribution in [-0.2, 0) is 9.22 Å². The smallest absolute Gasteiger partial charge is 0.405 e. The van der Waals surface area contributed by atoms with Gasteiger partial charge in [0.2, 0.25) is 0 Å². The summed E-state index contributed by atoms with van der Waals surface area (Å²) in [4.78, 5) is 40.2. The van der Waals surface area contributed by atoms with Gasteiger partial charge in [-0.15, -0.1) is 0 Å². The van der Waals surface area contributed by atoms with Crippen LogP contribution in [0.15, 0.2) is 12.3 Å². The summed E-state index contributed by atoms with van der Waals surface area (Å²) < 4.78 is 5.67. The first-order valence-corrected chi connectivity index (χ1v) is 13.1. The molecule has 1 aromatic heterocycles. The minimum Gasteiger partial charge on any atom is -0.518 e. The molecule has 5 N–H and O–H groups in total. The molecule has 12 heteroatoms. The molecule has 10 nitrogen and oxygen atoms in total. The molecule has 0 radical (unpaired) electrons. The number of anilines is 1. The highest BCUT2D eigenvalue weighted by Crippen LogP contribution is 2.36. The first-order valence-electron chi connectivity index (χ1n) is 9.81. The summed E-state index contributed by atoms with van der Waals surface area (Å²) in [5.41, 5.74) is 5.76. The van der Waals surface area contributed by atoms with Crippen molar-refractivity contribution in [2.24, 2.45) is 0 Å². The molecule has 1 aromatic rings. The van der Waals surface area contributed by atoms with Gasteiger partial charge in [0.1, 0.15) is 11.2 Å². The van der Waals surface area contributed by atoms with Crippen LogP contribution in [0.25, 0.3) is 0 Å². The number of halogens is 1. The molecule has 0 bridgehead atoms. The van der Waals surface area contributed by atoms with Gasteiger partial charge in [-0.2, -0.15) is 0 Å². The number of pyridine rings is 1. The van der Waals surface area contributed by atoms with Gasteiger partial charge >= 0.3 is 12.1 Å². The zero-order chi connectivity index (χ0) is 24.0. The third kappa shape index (κ3) is 8.35. The Labute approximate surface area is 188 Å². The van der Waals surface area contributed by atoms with Gasteiger partial charge in [-0.1, -0.05) is 32.4 Å². The van der Waals surface area contributed by atoms with Crippen molar-refractivity contribution in [3.05, 3.63) is 23.0 Å². The van der Waals surface area contributed by atoms with Crippen molar-refractivity contribution in [2.75, 3.05) is 11.9 Å². The second-order valence-electron chi connectivity index (χ2n) is 8.87. The lowest BCUT2D eigenvalue weighted by atomic mass is 10.2. The van der Waals surface area contributed by atoms with Crippen LogP contribution in [-0.4, -0.2) is 55.0 Å². The molecule has 2 amide bonds. The molecule has 0 fully saturated rings. The zero-order valence-corrected chi connectivity index (χ0v) is 20.7. The number of rotatable bonds is 9. The van der Waals surface area contributed by atoms with E-state index in [1.165, 1.54) is 12.3 Å². The summed E-state index contributed by atoms with van der Waals surface area (Å²) in [7, 11) is -2.45. The average Bonchev–Trinajstić information content (AvgIpc) is 2.58. The second kappa shape index (κ2) is 10.8. The molecule has 1 rings (SSSR count). The van der Waals surface area contributed by atoms with E-state index < -0.39 is 32.3 Å². The molecule has 0 saturated heterocycles. The fraction of sp³-hybridized carbons (Fsp3) is 0.579. The fourth-order valence-electron chi connectivity index (χ4n) is 2.16. The standard InChI is InChI=1S/C19H32ClN5O5Si/c1-11(2)23-13-8-15(20)21-9-12(13)16(26)25-22-10-14(24-18(28)29)17(27)30-31(6,7)19(3,4)5/h8-9,11,14,22,24H,10H2,1-7H3,(H,21,23)(H,25,26)(H,28,29). The van der Waals surface area contributed by atoms with Crippen molar-refractivity contribution in [2.45, 2.75) is 64.8 Å². The second-order valence-corrected chi connectivity index (χ2v) is 14.0. The Morgan fingerprint density at radius 1 is 1.26 bits per heavy atom. The molecule has 0 aliphatic rings. The van der Waals surface area contributed by atoms with Crippen LogP contribution < -0.4 is 21.5 Å². The van der Waals surface area contributed by atoms with Crippen molar-refractivity contribution in [3.63, 3.8) is 0 Å². The van der Waals surface area contributed by atoms with Gasteiger partial charge in [0.05, 0.1) is 11.3 Å². The van der Waals surface area contributed by atoms with Crippen LogP contribution in [0.1, 0.15) is 45.0 Å². The van der Waals surface area contributed by atoms with E-state index in [2.05, 4.69) is 26.5 Å². The number of carboxylic acid groups (broad SMARTS) is 1. The van der Waals surface area contributed by atoms with E-state index in [9.17, 15) is 14.4 Å². The van der Waals surface area contributed by atoms with Crippen molar-refractivity contribution in [3.8, 4) is 0 Å². The Bertz CT molecular complexity index is 813. The fourth-order valence-corrected chi connectivity index (χ4v) is 3.27. The number of hydrogen-bond acceptors (Lipinski definition) is 7. The predicted octanol–water partition coefficient (Wildman–Crippen LogP) is 2.97. The summed E-state index contributed by atoms with van der Waals surface area (Å²) in [5.74, 6) is -1.23. The van der Waals surface area contributed by atoms with Gasteiger partial charge in [-0.25, -0.2) is 15.2 Å². The molecular weight excluding hydrogens is 442 g/mol. The largest absolute Gasteiger partial charge is 0.518 e. The lowest BCUT2D eigenvalue weighted by molar-refractivity contribution is -0.137. The Kier molecular flexibility index (Phi) is 9.27. The van der Waals surface area contributed by atoms with Crippen LogP contribution >= 0.6 is 11.6 Å². The van der Waals surface area contributed by atoms with Gasteiger partial charge in [0.25, 0.3) is 14.2 Å². The molecule has 0 aliphatic heterocycles. The maximum Gasteiger partial charge on any atom is 0.405 e. The molecule has 1 heterocycles. The van der Waals surface area contributed by atoms with Crippen molar-refractivity contribution in [1.29, 1.82) is 0 Å². The molecule has 1 unspecified atom stereocenters. The maximum absolute atomic E-state index is 12.6. The summed E-state index contributed by atoms with van der Waals surface area (Å²) >= 11 is 5.91. The van der Waals surface area contributed by atoms with Gasteiger partial charge in [-0.3, -0.25) is 15.0 Å². The van der Waals surface area contributed by atoms with Crippen LogP contribution in [0.5, 0.6) is 0 Å². The van der Waals surface area contributed by atoms with Crippen LogP contribution in [0.3, 0.4) is 0 Å². The molecule has 0 aromatic carbocycles. The average molecular weight is 474 g/mol. The van der Waals surface area contributed by atoms with Crippen LogP contribution in [0.2, 0.25) is 23.3 Å². The summed E-state index contributed by atoms with van der Waals surface area (Å²) in [6.45, 7) is 13.3. The quantitative estimate of drug-likeness (QED) is 0.209. The van der Waals surface area contributed by atoms with E-state index >= 15 is 0 Å². The number of carbonyl (C=O) groups is 3. The molecule has 0 saturated carbocycles. The highest BCUT2D eigenvalue weighted by molar-refractivity contribution is 6.75. The minimum atomic E-state index is -2.45. The number of carbonyl (C=O) groups excluding carboxylic acids is 2. The van der Waals surface area contributed by atoms with E-state index in [1.807, 2.05) is 47.7 Å².